The smallest absolute Gasteiger partial charge is 0.266 e. The van der Waals surface area contributed by atoms with E-state index < -0.39 is 5.91 Å². The molecule has 0 spiro atoms. The van der Waals surface area contributed by atoms with Gasteiger partial charge in [-0.3, -0.25) is 4.79 Å². The van der Waals surface area contributed by atoms with Gasteiger partial charge in [0.05, 0.1) is 3.79 Å². The van der Waals surface area contributed by atoms with Gasteiger partial charge < -0.3 is 5.32 Å². The predicted molar refractivity (Wildman–Crippen MR) is 85.7 cm³/mol. The monoisotopic (exact) mass is 366 g/mol. The zero-order valence-electron chi connectivity index (χ0n) is 10.1. The number of halogens is 2. The van der Waals surface area contributed by atoms with E-state index in [0.717, 1.165) is 8.66 Å². The number of nitrogens with zero attached hydrogens (tertiary/aromatic N) is 1. The highest BCUT2D eigenvalue weighted by atomic mass is 79.9. The molecule has 1 amide bonds. The van der Waals surface area contributed by atoms with Gasteiger partial charge >= 0.3 is 0 Å². The predicted octanol–water partition coefficient (Wildman–Crippen LogP) is 4.71. The number of amides is 1. The SMILES string of the molecule is N#C/C(=C\c1ccc(Br)s1)C(=O)Nc1cccc(Cl)c1. The molecule has 0 fully saturated rings. The highest BCUT2D eigenvalue weighted by molar-refractivity contribution is 9.11. The third kappa shape index (κ3) is 3.94. The van der Waals surface area contributed by atoms with Crippen LogP contribution in [0.25, 0.3) is 6.08 Å². The van der Waals surface area contributed by atoms with Crippen molar-refractivity contribution in [2.75, 3.05) is 5.32 Å². The molecule has 0 aliphatic rings. The van der Waals surface area contributed by atoms with E-state index in [0.29, 0.717) is 10.7 Å². The van der Waals surface area contributed by atoms with Gasteiger partial charge in [0.15, 0.2) is 0 Å². The van der Waals surface area contributed by atoms with Crippen LogP contribution >= 0.6 is 38.9 Å². The summed E-state index contributed by atoms with van der Waals surface area (Å²) in [7, 11) is 0. The number of carbonyl (C=O) groups is 1. The Kier molecular flexibility index (Phi) is 4.96. The van der Waals surface area contributed by atoms with Crippen LogP contribution in [0.4, 0.5) is 5.69 Å². The van der Waals surface area contributed by atoms with Crippen LogP contribution in [-0.4, -0.2) is 5.91 Å². The lowest BCUT2D eigenvalue weighted by Crippen LogP contribution is -2.13. The van der Waals surface area contributed by atoms with Crippen LogP contribution in [0.2, 0.25) is 5.02 Å². The quantitative estimate of drug-likeness (QED) is 0.631. The highest BCUT2D eigenvalue weighted by Gasteiger charge is 2.10. The van der Waals surface area contributed by atoms with Crippen molar-refractivity contribution in [1.82, 2.24) is 0 Å². The second-order valence-electron chi connectivity index (χ2n) is 3.78. The molecule has 6 heteroatoms. The molecule has 2 aromatic rings. The van der Waals surface area contributed by atoms with Crippen molar-refractivity contribution >= 4 is 56.5 Å². The Bertz CT molecular complexity index is 718. The normalized spacial score (nSPS) is 10.9. The first-order chi connectivity index (χ1) is 9.58. The van der Waals surface area contributed by atoms with Crippen molar-refractivity contribution in [2.24, 2.45) is 0 Å². The molecule has 1 aromatic heterocycles. The Morgan fingerprint density at radius 1 is 1.40 bits per heavy atom. The fourth-order valence-corrected chi connectivity index (χ4v) is 3.02. The molecule has 0 unspecified atom stereocenters. The number of benzene rings is 1. The van der Waals surface area contributed by atoms with Crippen LogP contribution in [0.15, 0.2) is 45.8 Å². The number of rotatable bonds is 3. The van der Waals surface area contributed by atoms with Crippen LogP contribution in [0, 0.1) is 11.3 Å². The molecule has 1 aromatic carbocycles. The summed E-state index contributed by atoms with van der Waals surface area (Å²) in [5.74, 6) is -0.459. The van der Waals surface area contributed by atoms with Gasteiger partial charge in [-0.25, -0.2) is 0 Å². The largest absolute Gasteiger partial charge is 0.321 e. The Labute approximate surface area is 133 Å². The van der Waals surface area contributed by atoms with Gasteiger partial charge in [-0.2, -0.15) is 5.26 Å². The van der Waals surface area contributed by atoms with Crippen molar-refractivity contribution in [1.29, 1.82) is 5.26 Å². The summed E-state index contributed by atoms with van der Waals surface area (Å²) in [6.45, 7) is 0. The fraction of sp³-hybridized carbons (Fsp3) is 0. The van der Waals surface area contributed by atoms with E-state index in [2.05, 4.69) is 21.2 Å². The van der Waals surface area contributed by atoms with E-state index in [9.17, 15) is 4.79 Å². The molecule has 0 bridgehead atoms. The Morgan fingerprint density at radius 3 is 2.80 bits per heavy atom. The molecular weight excluding hydrogens is 360 g/mol. The van der Waals surface area contributed by atoms with Crippen molar-refractivity contribution in [3.63, 3.8) is 0 Å². The van der Waals surface area contributed by atoms with Crippen molar-refractivity contribution in [2.45, 2.75) is 0 Å². The number of nitriles is 1. The molecule has 0 saturated carbocycles. The van der Waals surface area contributed by atoms with Gasteiger partial charge in [0.2, 0.25) is 0 Å². The minimum Gasteiger partial charge on any atom is -0.321 e. The Balaban J connectivity index is 2.18. The third-order valence-electron chi connectivity index (χ3n) is 2.33. The minimum atomic E-state index is -0.459. The molecule has 3 nitrogen and oxygen atoms in total. The lowest BCUT2D eigenvalue weighted by molar-refractivity contribution is -0.112. The molecule has 1 N–H and O–H groups in total. The molecule has 0 radical (unpaired) electrons. The summed E-state index contributed by atoms with van der Waals surface area (Å²) in [5.41, 5.74) is 0.593. The van der Waals surface area contributed by atoms with E-state index in [1.165, 1.54) is 11.3 Å². The van der Waals surface area contributed by atoms with Crippen LogP contribution in [0.5, 0.6) is 0 Å². The first kappa shape index (κ1) is 14.8. The van der Waals surface area contributed by atoms with E-state index in [1.807, 2.05) is 18.2 Å². The Hall–Kier alpha value is -1.61. The number of anilines is 1. The Morgan fingerprint density at radius 2 is 2.20 bits per heavy atom. The maximum atomic E-state index is 12.0. The second kappa shape index (κ2) is 6.71. The van der Waals surface area contributed by atoms with E-state index in [4.69, 9.17) is 16.9 Å². The van der Waals surface area contributed by atoms with Gasteiger partial charge in [0.25, 0.3) is 5.91 Å². The van der Waals surface area contributed by atoms with Crippen LogP contribution in [-0.2, 0) is 4.79 Å². The van der Waals surface area contributed by atoms with Crippen LogP contribution < -0.4 is 5.32 Å². The number of hydrogen-bond donors (Lipinski definition) is 1. The highest BCUT2D eigenvalue weighted by Crippen LogP contribution is 2.24. The molecule has 0 atom stereocenters. The summed E-state index contributed by atoms with van der Waals surface area (Å²) < 4.78 is 0.941. The van der Waals surface area contributed by atoms with E-state index in [1.54, 1.807) is 30.3 Å². The molecule has 100 valence electrons. The van der Waals surface area contributed by atoms with Gasteiger partial charge in [-0.05, 0) is 52.3 Å². The van der Waals surface area contributed by atoms with Gasteiger partial charge in [0.1, 0.15) is 11.6 Å². The maximum Gasteiger partial charge on any atom is 0.266 e. The van der Waals surface area contributed by atoms with Gasteiger partial charge in [0, 0.05) is 15.6 Å². The number of thiophene rings is 1. The lowest BCUT2D eigenvalue weighted by atomic mass is 10.2. The van der Waals surface area contributed by atoms with Crippen molar-refractivity contribution in [3.05, 3.63) is 55.7 Å². The minimum absolute atomic E-state index is 0.0410. The van der Waals surface area contributed by atoms with Gasteiger partial charge in [-0.15, -0.1) is 11.3 Å². The van der Waals surface area contributed by atoms with Crippen molar-refractivity contribution < 1.29 is 4.79 Å². The third-order valence-corrected chi connectivity index (χ3v) is 4.13. The summed E-state index contributed by atoms with van der Waals surface area (Å²) in [5, 5.41) is 12.2. The van der Waals surface area contributed by atoms with Crippen molar-refractivity contribution in [3.8, 4) is 6.07 Å². The number of hydrogen-bond acceptors (Lipinski definition) is 3. The first-order valence-electron chi connectivity index (χ1n) is 5.52. The molecule has 0 saturated heterocycles. The second-order valence-corrected chi connectivity index (χ2v) is 6.71. The fourth-order valence-electron chi connectivity index (χ4n) is 1.46. The molecule has 20 heavy (non-hydrogen) atoms. The molecule has 0 aliphatic heterocycles. The average molecular weight is 368 g/mol. The molecule has 1 heterocycles. The lowest BCUT2D eigenvalue weighted by Gasteiger charge is -2.04. The maximum absolute atomic E-state index is 12.0. The zero-order valence-corrected chi connectivity index (χ0v) is 13.2. The zero-order chi connectivity index (χ0) is 14.5. The summed E-state index contributed by atoms with van der Waals surface area (Å²) in [6, 6.07) is 12.4. The number of nitrogens with one attached hydrogen (secondary N) is 1. The average Bonchev–Trinajstić information content (AvgIpc) is 2.81. The molecule has 0 aliphatic carbocycles. The van der Waals surface area contributed by atoms with Gasteiger partial charge in [-0.1, -0.05) is 17.7 Å². The van der Waals surface area contributed by atoms with Crippen LogP contribution in [0.1, 0.15) is 4.88 Å². The number of carbonyl (C=O) groups excluding carboxylic acids is 1. The molecular formula is C14H8BrClN2OS. The topological polar surface area (TPSA) is 52.9 Å². The first-order valence-corrected chi connectivity index (χ1v) is 7.51. The summed E-state index contributed by atoms with van der Waals surface area (Å²) >= 11 is 10.6. The van der Waals surface area contributed by atoms with E-state index >= 15 is 0 Å². The van der Waals surface area contributed by atoms with E-state index in [-0.39, 0.29) is 5.57 Å². The summed E-state index contributed by atoms with van der Waals surface area (Å²) in [4.78, 5) is 12.8. The molecule has 2 rings (SSSR count). The van der Waals surface area contributed by atoms with Crippen LogP contribution in [0.3, 0.4) is 0 Å². The standard InChI is InChI=1S/C14H8BrClN2OS/c15-13-5-4-12(20-13)6-9(8-17)14(19)18-11-3-1-2-10(16)7-11/h1-7H,(H,18,19)/b9-6+. The summed E-state index contributed by atoms with van der Waals surface area (Å²) in [6.07, 6.45) is 1.55.